The highest BCUT2D eigenvalue weighted by Crippen LogP contribution is 2.24. The average molecular weight is 187 g/mol. The molecule has 0 bridgehead atoms. The Morgan fingerprint density at radius 3 is 2.08 bits per heavy atom. The molecule has 3 heteroatoms. The molecule has 0 aliphatic rings. The van der Waals surface area contributed by atoms with Gasteiger partial charge in [-0.15, -0.1) is 0 Å². The molecule has 0 amide bonds. The van der Waals surface area contributed by atoms with E-state index in [0.29, 0.717) is 6.54 Å². The van der Waals surface area contributed by atoms with Gasteiger partial charge >= 0.3 is 5.97 Å². The maximum atomic E-state index is 10.9. The quantitative estimate of drug-likeness (QED) is 0.728. The zero-order valence-electron chi connectivity index (χ0n) is 9.29. The fraction of sp³-hybridized carbons (Fsp3) is 0.900. The number of carbonyl (C=O) groups is 1. The lowest BCUT2D eigenvalue weighted by Crippen LogP contribution is -2.30. The van der Waals surface area contributed by atoms with Crippen LogP contribution in [0.4, 0.5) is 0 Å². The van der Waals surface area contributed by atoms with Crippen molar-refractivity contribution in [3.8, 4) is 0 Å². The number of hydrogen-bond donors (Lipinski definition) is 1. The number of aliphatic carboxylic acids is 1. The molecule has 1 unspecified atom stereocenters. The van der Waals surface area contributed by atoms with Crippen LogP contribution in [0, 0.1) is 11.3 Å². The monoisotopic (exact) mass is 187 g/mol. The molecule has 0 aliphatic heterocycles. The van der Waals surface area contributed by atoms with Gasteiger partial charge in [0.05, 0.1) is 5.92 Å². The predicted molar refractivity (Wildman–Crippen MR) is 53.8 cm³/mol. The van der Waals surface area contributed by atoms with Gasteiger partial charge < -0.3 is 10.0 Å². The van der Waals surface area contributed by atoms with Crippen LogP contribution < -0.4 is 0 Å². The summed E-state index contributed by atoms with van der Waals surface area (Å²) in [6.07, 6.45) is 0.723. The standard InChI is InChI=1S/C10H21NO2/c1-10(2,3)6-8(9(12)13)7-11(4)5/h8H,6-7H2,1-5H3,(H,12,13). The normalized spacial score (nSPS) is 14.6. The minimum Gasteiger partial charge on any atom is -0.481 e. The molecule has 0 heterocycles. The Hall–Kier alpha value is -0.570. The minimum atomic E-state index is -0.691. The summed E-state index contributed by atoms with van der Waals surface area (Å²) in [7, 11) is 3.80. The molecular formula is C10H21NO2. The fourth-order valence-electron chi connectivity index (χ4n) is 1.41. The number of carboxylic acid groups (broad SMARTS) is 1. The Balaban J connectivity index is 4.19. The number of rotatable bonds is 4. The predicted octanol–water partition coefficient (Wildman–Crippen LogP) is 1.69. The molecule has 1 atom stereocenters. The van der Waals surface area contributed by atoms with Crippen LogP contribution in [0.3, 0.4) is 0 Å². The molecule has 0 aromatic rings. The van der Waals surface area contributed by atoms with Gasteiger partial charge in [-0.25, -0.2) is 0 Å². The van der Waals surface area contributed by atoms with Crippen molar-refractivity contribution in [1.82, 2.24) is 4.90 Å². The SMILES string of the molecule is CN(C)CC(CC(C)(C)C)C(=O)O. The lowest BCUT2D eigenvalue weighted by atomic mass is 9.84. The molecule has 3 nitrogen and oxygen atoms in total. The first-order chi connectivity index (χ1) is 5.72. The van der Waals surface area contributed by atoms with Crippen molar-refractivity contribution in [2.75, 3.05) is 20.6 Å². The summed E-state index contributed by atoms with van der Waals surface area (Å²) in [5, 5.41) is 8.96. The van der Waals surface area contributed by atoms with Crippen LogP contribution in [-0.2, 0) is 4.79 Å². The molecule has 0 rings (SSSR count). The van der Waals surface area contributed by atoms with E-state index in [-0.39, 0.29) is 11.3 Å². The number of hydrogen-bond acceptors (Lipinski definition) is 2. The van der Waals surface area contributed by atoms with Crippen molar-refractivity contribution in [2.45, 2.75) is 27.2 Å². The Labute approximate surface area is 80.7 Å². The van der Waals surface area contributed by atoms with Crippen molar-refractivity contribution in [3.63, 3.8) is 0 Å². The summed E-state index contributed by atoms with van der Waals surface area (Å²) in [6.45, 7) is 6.82. The Morgan fingerprint density at radius 2 is 1.85 bits per heavy atom. The summed E-state index contributed by atoms with van der Waals surface area (Å²) in [4.78, 5) is 12.8. The van der Waals surface area contributed by atoms with Gasteiger partial charge in [-0.3, -0.25) is 4.79 Å². The molecule has 0 spiro atoms. The van der Waals surface area contributed by atoms with Crippen molar-refractivity contribution in [3.05, 3.63) is 0 Å². The van der Waals surface area contributed by atoms with E-state index in [9.17, 15) is 4.79 Å². The van der Waals surface area contributed by atoms with Gasteiger partial charge in [-0.2, -0.15) is 0 Å². The third kappa shape index (κ3) is 6.58. The van der Waals surface area contributed by atoms with Crippen LogP contribution in [-0.4, -0.2) is 36.6 Å². The smallest absolute Gasteiger partial charge is 0.307 e. The van der Waals surface area contributed by atoms with E-state index in [1.807, 2.05) is 19.0 Å². The molecule has 13 heavy (non-hydrogen) atoms. The van der Waals surface area contributed by atoms with E-state index in [2.05, 4.69) is 20.8 Å². The van der Waals surface area contributed by atoms with E-state index in [1.54, 1.807) is 0 Å². The fourth-order valence-corrected chi connectivity index (χ4v) is 1.41. The van der Waals surface area contributed by atoms with Gasteiger partial charge in [0.1, 0.15) is 0 Å². The topological polar surface area (TPSA) is 40.5 Å². The van der Waals surface area contributed by atoms with E-state index in [1.165, 1.54) is 0 Å². The van der Waals surface area contributed by atoms with Gasteiger partial charge in [0.15, 0.2) is 0 Å². The molecule has 0 fully saturated rings. The largest absolute Gasteiger partial charge is 0.481 e. The summed E-state index contributed by atoms with van der Waals surface area (Å²) in [6, 6.07) is 0. The molecule has 0 aromatic carbocycles. The zero-order valence-corrected chi connectivity index (χ0v) is 9.29. The Kier molecular flexibility index (Phi) is 4.40. The summed E-state index contributed by atoms with van der Waals surface area (Å²) in [5.41, 5.74) is 0.0824. The average Bonchev–Trinajstić information content (AvgIpc) is 1.81. The van der Waals surface area contributed by atoms with E-state index in [4.69, 9.17) is 5.11 Å². The maximum absolute atomic E-state index is 10.9. The highest BCUT2D eigenvalue weighted by Gasteiger charge is 2.24. The molecule has 0 aromatic heterocycles. The first-order valence-electron chi connectivity index (χ1n) is 4.60. The third-order valence-electron chi connectivity index (χ3n) is 1.79. The van der Waals surface area contributed by atoms with E-state index < -0.39 is 5.97 Å². The Bertz CT molecular complexity index is 170. The first-order valence-corrected chi connectivity index (χ1v) is 4.60. The van der Waals surface area contributed by atoms with Crippen LogP contribution in [0.2, 0.25) is 0 Å². The van der Waals surface area contributed by atoms with Crippen molar-refractivity contribution in [2.24, 2.45) is 11.3 Å². The molecule has 0 aliphatic carbocycles. The Morgan fingerprint density at radius 1 is 1.38 bits per heavy atom. The second kappa shape index (κ2) is 4.61. The van der Waals surface area contributed by atoms with Crippen LogP contribution in [0.15, 0.2) is 0 Å². The molecular weight excluding hydrogens is 166 g/mol. The van der Waals surface area contributed by atoms with Crippen molar-refractivity contribution in [1.29, 1.82) is 0 Å². The van der Waals surface area contributed by atoms with Gasteiger partial charge in [0.2, 0.25) is 0 Å². The van der Waals surface area contributed by atoms with Crippen molar-refractivity contribution >= 4 is 5.97 Å². The lowest BCUT2D eigenvalue weighted by molar-refractivity contribution is -0.143. The number of nitrogens with zero attached hydrogens (tertiary/aromatic N) is 1. The molecule has 0 radical (unpaired) electrons. The number of carboxylic acids is 1. The van der Waals surface area contributed by atoms with Crippen molar-refractivity contribution < 1.29 is 9.90 Å². The van der Waals surface area contributed by atoms with Crippen LogP contribution in [0.5, 0.6) is 0 Å². The second-order valence-corrected chi connectivity index (χ2v) is 5.06. The first kappa shape index (κ1) is 12.4. The molecule has 1 N–H and O–H groups in total. The van der Waals surface area contributed by atoms with Crippen LogP contribution in [0.1, 0.15) is 27.2 Å². The van der Waals surface area contributed by atoms with E-state index in [0.717, 1.165) is 6.42 Å². The summed E-state index contributed by atoms with van der Waals surface area (Å²) >= 11 is 0. The molecule has 0 saturated carbocycles. The maximum Gasteiger partial charge on any atom is 0.307 e. The van der Waals surface area contributed by atoms with Crippen LogP contribution >= 0.6 is 0 Å². The lowest BCUT2D eigenvalue weighted by Gasteiger charge is -2.25. The second-order valence-electron chi connectivity index (χ2n) is 5.06. The van der Waals surface area contributed by atoms with Gasteiger partial charge in [-0.05, 0) is 25.9 Å². The highest BCUT2D eigenvalue weighted by molar-refractivity contribution is 5.70. The molecule has 0 saturated heterocycles. The zero-order chi connectivity index (χ0) is 10.6. The third-order valence-corrected chi connectivity index (χ3v) is 1.79. The van der Waals surface area contributed by atoms with Gasteiger partial charge in [-0.1, -0.05) is 20.8 Å². The molecule has 78 valence electrons. The summed E-state index contributed by atoms with van der Waals surface area (Å²) < 4.78 is 0. The van der Waals surface area contributed by atoms with Crippen LogP contribution in [0.25, 0.3) is 0 Å². The van der Waals surface area contributed by atoms with Gasteiger partial charge in [0.25, 0.3) is 0 Å². The van der Waals surface area contributed by atoms with E-state index >= 15 is 0 Å². The highest BCUT2D eigenvalue weighted by atomic mass is 16.4. The minimum absolute atomic E-state index is 0.0824. The van der Waals surface area contributed by atoms with Gasteiger partial charge in [0, 0.05) is 6.54 Å². The summed E-state index contributed by atoms with van der Waals surface area (Å²) in [5.74, 6) is -0.946.